The van der Waals surface area contributed by atoms with Crippen LogP contribution in [0.15, 0.2) is 29.3 Å². The highest BCUT2D eigenvalue weighted by atomic mass is 32.2. The molecule has 0 bridgehead atoms. The maximum atomic E-state index is 6.03. The molecule has 0 amide bonds. The van der Waals surface area contributed by atoms with E-state index < -0.39 is 0 Å². The molecule has 1 aliphatic heterocycles. The highest BCUT2D eigenvalue weighted by Gasteiger charge is 2.11. The molecule has 1 heterocycles. The van der Waals surface area contributed by atoms with Crippen LogP contribution in [0.3, 0.4) is 0 Å². The molecular formula is C16H25N3S. The lowest BCUT2D eigenvalue weighted by Gasteiger charge is -2.27. The summed E-state index contributed by atoms with van der Waals surface area (Å²) in [6.45, 7) is 5.09. The van der Waals surface area contributed by atoms with E-state index >= 15 is 0 Å². The van der Waals surface area contributed by atoms with Crippen LogP contribution in [0.5, 0.6) is 0 Å². The second-order valence-corrected chi connectivity index (χ2v) is 6.43. The normalized spacial score (nSPS) is 16.4. The van der Waals surface area contributed by atoms with Crippen LogP contribution in [-0.4, -0.2) is 36.2 Å². The molecule has 1 fully saturated rings. The Kier molecular flexibility index (Phi) is 6.25. The molecule has 0 saturated carbocycles. The van der Waals surface area contributed by atoms with E-state index in [2.05, 4.69) is 41.1 Å². The first kappa shape index (κ1) is 15.2. The number of nitrogens with two attached hydrogens (primary N) is 1. The van der Waals surface area contributed by atoms with Crippen LogP contribution in [0.2, 0.25) is 0 Å². The van der Waals surface area contributed by atoms with Gasteiger partial charge in [0.15, 0.2) is 5.96 Å². The van der Waals surface area contributed by atoms with E-state index in [1.54, 1.807) is 0 Å². The van der Waals surface area contributed by atoms with Crippen LogP contribution in [-0.2, 0) is 5.75 Å². The van der Waals surface area contributed by atoms with E-state index in [0.29, 0.717) is 0 Å². The molecule has 0 radical (unpaired) electrons. The standard InChI is InChI=1S/C16H25N3S/c1-14-5-7-15(8-6-14)13-20-12-9-18-16(17)19-10-3-2-4-11-19/h5-8H,2-4,9-13H2,1H3,(H2,17,18). The molecule has 1 saturated heterocycles. The van der Waals surface area contributed by atoms with Gasteiger partial charge in [-0.05, 0) is 31.7 Å². The summed E-state index contributed by atoms with van der Waals surface area (Å²) < 4.78 is 0. The lowest BCUT2D eigenvalue weighted by molar-refractivity contribution is 0.338. The Bertz CT molecular complexity index is 422. The maximum absolute atomic E-state index is 6.03. The van der Waals surface area contributed by atoms with Gasteiger partial charge >= 0.3 is 0 Å². The summed E-state index contributed by atoms with van der Waals surface area (Å²) in [5.74, 6) is 2.82. The van der Waals surface area contributed by atoms with Gasteiger partial charge in [0.2, 0.25) is 0 Å². The largest absolute Gasteiger partial charge is 0.370 e. The van der Waals surface area contributed by atoms with Gasteiger partial charge in [-0.25, -0.2) is 0 Å². The lowest BCUT2D eigenvalue weighted by Crippen LogP contribution is -2.41. The number of rotatable bonds is 5. The van der Waals surface area contributed by atoms with Gasteiger partial charge in [0.05, 0.1) is 6.54 Å². The average Bonchev–Trinajstić information content (AvgIpc) is 2.49. The predicted octanol–water partition coefficient (Wildman–Crippen LogP) is 3.03. The van der Waals surface area contributed by atoms with Crippen molar-refractivity contribution in [1.29, 1.82) is 0 Å². The van der Waals surface area contributed by atoms with Crippen LogP contribution < -0.4 is 5.73 Å². The van der Waals surface area contributed by atoms with Crippen molar-refractivity contribution < 1.29 is 0 Å². The highest BCUT2D eigenvalue weighted by molar-refractivity contribution is 7.98. The number of aliphatic imine (C=N–C) groups is 1. The summed E-state index contributed by atoms with van der Waals surface area (Å²) in [6.07, 6.45) is 3.83. The molecule has 0 atom stereocenters. The molecule has 110 valence electrons. The molecule has 2 N–H and O–H groups in total. The van der Waals surface area contributed by atoms with Crippen LogP contribution in [0.4, 0.5) is 0 Å². The summed E-state index contributed by atoms with van der Waals surface area (Å²) >= 11 is 1.92. The Hall–Kier alpha value is -1.16. The zero-order valence-corrected chi connectivity index (χ0v) is 13.2. The van der Waals surface area contributed by atoms with Crippen LogP contribution in [0, 0.1) is 6.92 Å². The number of likely N-dealkylation sites (tertiary alicyclic amines) is 1. The van der Waals surface area contributed by atoms with E-state index in [1.165, 1.54) is 30.4 Å². The van der Waals surface area contributed by atoms with Crippen molar-refractivity contribution >= 4 is 17.7 Å². The zero-order valence-electron chi connectivity index (χ0n) is 12.3. The molecule has 1 aliphatic rings. The Morgan fingerprint density at radius 1 is 1.20 bits per heavy atom. The minimum Gasteiger partial charge on any atom is -0.370 e. The molecule has 0 spiro atoms. The fourth-order valence-electron chi connectivity index (χ4n) is 2.32. The van der Waals surface area contributed by atoms with E-state index in [4.69, 9.17) is 5.73 Å². The quantitative estimate of drug-likeness (QED) is 0.515. The van der Waals surface area contributed by atoms with Crippen molar-refractivity contribution in [2.24, 2.45) is 10.7 Å². The first-order valence-electron chi connectivity index (χ1n) is 7.44. The second kappa shape index (κ2) is 8.20. The molecule has 3 nitrogen and oxygen atoms in total. The van der Waals surface area contributed by atoms with Crippen molar-refractivity contribution in [2.45, 2.75) is 31.9 Å². The third kappa shape index (κ3) is 5.08. The minimum absolute atomic E-state index is 0.737. The molecule has 0 unspecified atom stereocenters. The summed E-state index contributed by atoms with van der Waals surface area (Å²) in [7, 11) is 0. The molecule has 0 aromatic heterocycles. The average molecular weight is 291 g/mol. The molecule has 1 aromatic rings. The smallest absolute Gasteiger partial charge is 0.191 e. The minimum atomic E-state index is 0.737. The number of nitrogens with zero attached hydrogens (tertiary/aromatic N) is 2. The van der Waals surface area contributed by atoms with Crippen molar-refractivity contribution in [1.82, 2.24) is 4.90 Å². The van der Waals surface area contributed by atoms with Gasteiger partial charge in [-0.3, -0.25) is 4.99 Å². The topological polar surface area (TPSA) is 41.6 Å². The van der Waals surface area contributed by atoms with Gasteiger partial charge in [0.25, 0.3) is 0 Å². The summed E-state index contributed by atoms with van der Waals surface area (Å²) in [5, 5.41) is 0. The van der Waals surface area contributed by atoms with Gasteiger partial charge < -0.3 is 10.6 Å². The molecule has 20 heavy (non-hydrogen) atoms. The molecular weight excluding hydrogens is 266 g/mol. The number of guanidine groups is 1. The van der Waals surface area contributed by atoms with Gasteiger partial charge in [-0.15, -0.1) is 0 Å². The Morgan fingerprint density at radius 2 is 1.90 bits per heavy atom. The number of hydrogen-bond acceptors (Lipinski definition) is 2. The Labute approximate surface area is 126 Å². The fourth-order valence-corrected chi connectivity index (χ4v) is 3.11. The molecule has 2 rings (SSSR count). The van der Waals surface area contributed by atoms with E-state index in [0.717, 1.165) is 37.1 Å². The number of piperidine rings is 1. The van der Waals surface area contributed by atoms with Gasteiger partial charge in [-0.1, -0.05) is 29.8 Å². The van der Waals surface area contributed by atoms with Crippen molar-refractivity contribution in [3.8, 4) is 0 Å². The predicted molar refractivity (Wildman–Crippen MR) is 89.3 cm³/mol. The van der Waals surface area contributed by atoms with E-state index in [9.17, 15) is 0 Å². The summed E-state index contributed by atoms with van der Waals surface area (Å²) in [6, 6.07) is 8.74. The number of thioether (sulfide) groups is 1. The fraction of sp³-hybridized carbons (Fsp3) is 0.562. The SMILES string of the molecule is Cc1ccc(CSCCN=C(N)N2CCCCC2)cc1. The maximum Gasteiger partial charge on any atom is 0.191 e. The summed E-state index contributed by atoms with van der Waals surface area (Å²) in [5.41, 5.74) is 8.73. The monoisotopic (exact) mass is 291 g/mol. The van der Waals surface area contributed by atoms with Crippen LogP contribution in [0.1, 0.15) is 30.4 Å². The lowest BCUT2D eigenvalue weighted by atomic mass is 10.1. The van der Waals surface area contributed by atoms with Crippen molar-refractivity contribution in [2.75, 3.05) is 25.4 Å². The van der Waals surface area contributed by atoms with Gasteiger partial charge in [0.1, 0.15) is 0 Å². The number of aryl methyl sites for hydroxylation is 1. The number of hydrogen-bond donors (Lipinski definition) is 1. The van der Waals surface area contributed by atoms with Crippen LogP contribution >= 0.6 is 11.8 Å². The zero-order chi connectivity index (χ0) is 14.2. The third-order valence-corrected chi connectivity index (χ3v) is 4.59. The third-order valence-electron chi connectivity index (χ3n) is 3.58. The Morgan fingerprint density at radius 3 is 2.60 bits per heavy atom. The van der Waals surface area contributed by atoms with Gasteiger partial charge in [-0.2, -0.15) is 11.8 Å². The molecule has 1 aromatic carbocycles. The first-order valence-corrected chi connectivity index (χ1v) is 8.59. The second-order valence-electron chi connectivity index (χ2n) is 5.33. The first-order chi connectivity index (χ1) is 9.75. The van der Waals surface area contributed by atoms with Crippen LogP contribution in [0.25, 0.3) is 0 Å². The van der Waals surface area contributed by atoms with E-state index in [-0.39, 0.29) is 0 Å². The van der Waals surface area contributed by atoms with Gasteiger partial charge in [0, 0.05) is 24.6 Å². The van der Waals surface area contributed by atoms with Crippen molar-refractivity contribution in [3.63, 3.8) is 0 Å². The Balaban J connectivity index is 1.64. The number of benzene rings is 1. The molecule has 4 heteroatoms. The molecule has 0 aliphatic carbocycles. The van der Waals surface area contributed by atoms with Crippen molar-refractivity contribution in [3.05, 3.63) is 35.4 Å². The highest BCUT2D eigenvalue weighted by Crippen LogP contribution is 2.13. The summed E-state index contributed by atoms with van der Waals surface area (Å²) in [4.78, 5) is 6.71. The van der Waals surface area contributed by atoms with E-state index in [1.807, 2.05) is 11.8 Å².